The van der Waals surface area contributed by atoms with Crippen LogP contribution in [0.2, 0.25) is 0 Å². The van der Waals surface area contributed by atoms with Crippen LogP contribution in [-0.2, 0) is 18.3 Å². The van der Waals surface area contributed by atoms with Crippen LogP contribution < -0.4 is 10.5 Å². The summed E-state index contributed by atoms with van der Waals surface area (Å²) in [5.74, 6) is -1.28. The van der Waals surface area contributed by atoms with Gasteiger partial charge in [-0.3, -0.25) is 19.6 Å². The second-order valence-corrected chi connectivity index (χ2v) is 4.41. The van der Waals surface area contributed by atoms with Crippen LogP contribution >= 0.6 is 0 Å². The Kier molecular flexibility index (Phi) is 3.93. The number of rotatable bonds is 5. The quantitative estimate of drug-likeness (QED) is 0.603. The first-order valence-corrected chi connectivity index (χ1v) is 6.07. The minimum absolute atomic E-state index is 0.0120. The third-order valence-electron chi connectivity index (χ3n) is 3.06. The molecular formula is C12H13N5O5. The van der Waals surface area contributed by atoms with E-state index in [0.717, 1.165) is 0 Å². The van der Waals surface area contributed by atoms with Crippen molar-refractivity contribution >= 4 is 17.5 Å². The number of nitro groups is 1. The first kappa shape index (κ1) is 15.2. The van der Waals surface area contributed by atoms with E-state index in [1.165, 1.54) is 24.1 Å². The predicted octanol–water partition coefficient (Wildman–Crippen LogP) is 0.608. The average Bonchev–Trinajstić information content (AvgIpc) is 2.79. The van der Waals surface area contributed by atoms with Crippen LogP contribution in [0.4, 0.5) is 11.5 Å². The van der Waals surface area contributed by atoms with Crippen LogP contribution in [0.3, 0.4) is 0 Å². The molecule has 2 aromatic heterocycles. The normalized spacial score (nSPS) is 10.5. The maximum Gasteiger partial charge on any atom is 0.331 e. The summed E-state index contributed by atoms with van der Waals surface area (Å²) < 4.78 is 6.20. The molecule has 0 spiro atoms. The number of carboxylic acid groups (broad SMARTS) is 1. The molecule has 2 rings (SSSR count). The van der Waals surface area contributed by atoms with Crippen LogP contribution in [-0.4, -0.2) is 37.9 Å². The first-order chi connectivity index (χ1) is 10.3. The Balaban J connectivity index is 2.65. The van der Waals surface area contributed by atoms with Crippen LogP contribution in [0.15, 0.2) is 12.3 Å². The number of pyridine rings is 1. The van der Waals surface area contributed by atoms with Crippen molar-refractivity contribution in [3.8, 4) is 17.0 Å². The van der Waals surface area contributed by atoms with Crippen LogP contribution in [0, 0.1) is 10.1 Å². The number of nitrogens with two attached hydrogens (primary N) is 1. The number of nitrogens with zero attached hydrogens (tertiary/aromatic N) is 4. The second kappa shape index (κ2) is 5.68. The van der Waals surface area contributed by atoms with Gasteiger partial charge in [0.15, 0.2) is 0 Å². The number of carbonyl (C=O) groups is 1. The maximum atomic E-state index is 11.1. The molecule has 2 heterocycles. The number of nitrogen functional groups attached to an aromatic ring is 1. The van der Waals surface area contributed by atoms with Gasteiger partial charge in [0.2, 0.25) is 0 Å². The Bertz CT molecular complexity index is 755. The Morgan fingerprint density at radius 1 is 1.55 bits per heavy atom. The van der Waals surface area contributed by atoms with E-state index in [1.807, 2.05) is 0 Å². The molecule has 0 saturated carbocycles. The van der Waals surface area contributed by atoms with E-state index in [2.05, 4.69) is 10.1 Å². The molecule has 0 aliphatic heterocycles. The van der Waals surface area contributed by atoms with E-state index >= 15 is 0 Å². The lowest BCUT2D eigenvalue weighted by atomic mass is 10.0. The van der Waals surface area contributed by atoms with Crippen molar-refractivity contribution in [2.45, 2.75) is 6.42 Å². The molecule has 0 bridgehead atoms. The zero-order chi connectivity index (χ0) is 16.4. The van der Waals surface area contributed by atoms with E-state index in [0.29, 0.717) is 11.3 Å². The summed E-state index contributed by atoms with van der Waals surface area (Å²) in [6.45, 7) is 0. The molecular weight excluding hydrogens is 294 g/mol. The summed E-state index contributed by atoms with van der Waals surface area (Å²) in [5, 5.41) is 24.0. The zero-order valence-electron chi connectivity index (χ0n) is 11.8. The largest absolute Gasteiger partial charge is 0.481 e. The van der Waals surface area contributed by atoms with Crippen molar-refractivity contribution in [3.05, 3.63) is 28.1 Å². The summed E-state index contributed by atoms with van der Waals surface area (Å²) in [7, 11) is 2.82. The predicted molar refractivity (Wildman–Crippen MR) is 75.4 cm³/mol. The SMILES string of the molecule is COc1nc(N)c(-c2cnn(C)c2CC(=O)O)cc1[N+](=O)[O-]. The molecule has 3 N–H and O–H groups in total. The van der Waals surface area contributed by atoms with Gasteiger partial charge < -0.3 is 15.6 Å². The van der Waals surface area contributed by atoms with Crippen molar-refractivity contribution in [3.63, 3.8) is 0 Å². The summed E-state index contributed by atoms with van der Waals surface area (Å²) in [6.07, 6.45) is 1.09. The molecule has 116 valence electrons. The molecule has 0 atom stereocenters. The fourth-order valence-electron chi connectivity index (χ4n) is 2.04. The van der Waals surface area contributed by atoms with E-state index in [4.69, 9.17) is 15.6 Å². The Morgan fingerprint density at radius 2 is 2.23 bits per heavy atom. The number of ether oxygens (including phenoxy) is 1. The van der Waals surface area contributed by atoms with Crippen LogP contribution in [0.5, 0.6) is 5.88 Å². The van der Waals surface area contributed by atoms with Crippen LogP contribution in [0.1, 0.15) is 5.69 Å². The lowest BCUT2D eigenvalue weighted by Crippen LogP contribution is -2.08. The van der Waals surface area contributed by atoms with Gasteiger partial charge in [-0.1, -0.05) is 0 Å². The molecule has 0 aromatic carbocycles. The second-order valence-electron chi connectivity index (χ2n) is 4.41. The first-order valence-electron chi connectivity index (χ1n) is 6.07. The van der Waals surface area contributed by atoms with Crippen LogP contribution in [0.25, 0.3) is 11.1 Å². The minimum atomic E-state index is -1.06. The lowest BCUT2D eigenvalue weighted by Gasteiger charge is -2.08. The molecule has 0 aliphatic rings. The molecule has 0 amide bonds. The molecule has 22 heavy (non-hydrogen) atoms. The topological polar surface area (TPSA) is 146 Å². The van der Waals surface area contributed by atoms with E-state index in [-0.39, 0.29) is 29.4 Å². The fourth-order valence-corrected chi connectivity index (χ4v) is 2.04. The van der Waals surface area contributed by atoms with Gasteiger partial charge in [0.25, 0.3) is 5.88 Å². The number of hydrogen-bond acceptors (Lipinski definition) is 7. The zero-order valence-corrected chi connectivity index (χ0v) is 11.8. The highest BCUT2D eigenvalue weighted by molar-refractivity contribution is 5.81. The summed E-state index contributed by atoms with van der Waals surface area (Å²) in [5.41, 5.74) is 6.42. The fraction of sp³-hybridized carbons (Fsp3) is 0.250. The molecule has 0 unspecified atom stereocenters. The highest BCUT2D eigenvalue weighted by Gasteiger charge is 2.23. The number of anilines is 1. The number of carboxylic acids is 1. The van der Waals surface area contributed by atoms with E-state index in [9.17, 15) is 14.9 Å². The van der Waals surface area contributed by atoms with Gasteiger partial charge in [0.05, 0.1) is 30.3 Å². The van der Waals surface area contributed by atoms with Crippen molar-refractivity contribution in [1.82, 2.24) is 14.8 Å². The molecule has 0 aliphatic carbocycles. The monoisotopic (exact) mass is 307 g/mol. The van der Waals surface area contributed by atoms with Gasteiger partial charge in [0, 0.05) is 24.2 Å². The lowest BCUT2D eigenvalue weighted by molar-refractivity contribution is -0.386. The number of aryl methyl sites for hydroxylation is 1. The minimum Gasteiger partial charge on any atom is -0.481 e. The van der Waals surface area contributed by atoms with Gasteiger partial charge in [-0.05, 0) is 0 Å². The average molecular weight is 307 g/mol. The number of aromatic nitrogens is 3. The smallest absolute Gasteiger partial charge is 0.331 e. The maximum absolute atomic E-state index is 11.1. The Labute approximate surface area is 124 Å². The van der Waals surface area contributed by atoms with Gasteiger partial charge >= 0.3 is 11.7 Å². The van der Waals surface area contributed by atoms with Gasteiger partial charge in [-0.15, -0.1) is 0 Å². The Hall–Kier alpha value is -3.17. The number of aliphatic carboxylic acids is 1. The summed E-state index contributed by atoms with van der Waals surface area (Å²) in [6, 6.07) is 1.20. The molecule has 10 heteroatoms. The van der Waals surface area contributed by atoms with Crippen molar-refractivity contribution in [1.29, 1.82) is 0 Å². The van der Waals surface area contributed by atoms with Gasteiger partial charge in [0.1, 0.15) is 5.82 Å². The van der Waals surface area contributed by atoms with E-state index in [1.54, 1.807) is 7.05 Å². The molecule has 0 radical (unpaired) electrons. The van der Waals surface area contributed by atoms with Crippen molar-refractivity contribution in [2.24, 2.45) is 7.05 Å². The van der Waals surface area contributed by atoms with Gasteiger partial charge in [-0.2, -0.15) is 10.1 Å². The third-order valence-corrected chi connectivity index (χ3v) is 3.06. The summed E-state index contributed by atoms with van der Waals surface area (Å²) in [4.78, 5) is 25.2. The van der Waals surface area contributed by atoms with E-state index < -0.39 is 10.9 Å². The summed E-state index contributed by atoms with van der Waals surface area (Å²) >= 11 is 0. The molecule has 0 fully saturated rings. The van der Waals surface area contributed by atoms with Gasteiger partial charge in [-0.25, -0.2) is 0 Å². The standard InChI is InChI=1S/C12H13N5O5/c1-16-8(4-10(18)19)7(5-14-16)6-3-9(17(20)21)12(22-2)15-11(6)13/h3,5H,4H2,1-2H3,(H2,13,15)(H,18,19). The Morgan fingerprint density at radius 3 is 2.77 bits per heavy atom. The number of methoxy groups -OCH3 is 1. The molecule has 2 aromatic rings. The highest BCUT2D eigenvalue weighted by Crippen LogP contribution is 2.35. The third kappa shape index (κ3) is 2.66. The highest BCUT2D eigenvalue weighted by atomic mass is 16.6. The number of hydrogen-bond donors (Lipinski definition) is 2. The molecule has 10 nitrogen and oxygen atoms in total. The van der Waals surface area contributed by atoms with Crippen molar-refractivity contribution < 1.29 is 19.6 Å². The molecule has 0 saturated heterocycles. The van der Waals surface area contributed by atoms with Crippen molar-refractivity contribution in [2.75, 3.05) is 12.8 Å².